The lowest BCUT2D eigenvalue weighted by atomic mass is 9.96. The van der Waals surface area contributed by atoms with Crippen LogP contribution in [0.2, 0.25) is 0 Å². The molecule has 0 saturated carbocycles. The number of piperidine rings is 1. The van der Waals surface area contributed by atoms with Crippen LogP contribution in [-0.2, 0) is 0 Å². The molecule has 1 aliphatic heterocycles. The van der Waals surface area contributed by atoms with Gasteiger partial charge in [-0.3, -0.25) is 0 Å². The minimum absolute atomic E-state index is 0.703. The number of hydrogen-bond acceptors (Lipinski definition) is 3. The third-order valence-electron chi connectivity index (χ3n) is 4.11. The van der Waals surface area contributed by atoms with Crippen molar-refractivity contribution in [3.05, 3.63) is 0 Å². The molecule has 1 heterocycles. The second kappa shape index (κ2) is 8.06. The van der Waals surface area contributed by atoms with Crippen molar-refractivity contribution in [3.63, 3.8) is 0 Å². The molecule has 0 aromatic heterocycles. The van der Waals surface area contributed by atoms with Gasteiger partial charge in [0, 0.05) is 19.1 Å². The maximum atomic E-state index is 3.47. The summed E-state index contributed by atoms with van der Waals surface area (Å²) in [5, 5.41) is 3.47. The summed E-state index contributed by atoms with van der Waals surface area (Å²) >= 11 is 0. The van der Waals surface area contributed by atoms with Crippen molar-refractivity contribution in [1.82, 2.24) is 15.1 Å². The topological polar surface area (TPSA) is 18.5 Å². The number of likely N-dealkylation sites (tertiary alicyclic amines) is 1. The lowest BCUT2D eigenvalue weighted by molar-refractivity contribution is 0.146. The molecule has 1 saturated heterocycles. The van der Waals surface area contributed by atoms with Crippen LogP contribution >= 0.6 is 0 Å². The largest absolute Gasteiger partial charge is 0.315 e. The average Bonchev–Trinajstić information content (AvgIpc) is 2.33. The van der Waals surface area contributed by atoms with Crippen molar-refractivity contribution in [3.8, 4) is 0 Å². The third-order valence-corrected chi connectivity index (χ3v) is 4.11. The monoisotopic (exact) mass is 241 g/mol. The van der Waals surface area contributed by atoms with E-state index in [1.165, 1.54) is 38.9 Å². The summed E-state index contributed by atoms with van der Waals surface area (Å²) in [4.78, 5) is 5.02. The van der Waals surface area contributed by atoms with Gasteiger partial charge in [0.2, 0.25) is 0 Å². The first-order valence-corrected chi connectivity index (χ1v) is 7.26. The summed E-state index contributed by atoms with van der Waals surface area (Å²) in [5.74, 6) is 0.909. The summed E-state index contributed by atoms with van der Waals surface area (Å²) in [6.07, 6.45) is 3.99. The molecule has 3 heteroatoms. The van der Waals surface area contributed by atoms with E-state index in [2.05, 4.69) is 43.1 Å². The highest BCUT2D eigenvalue weighted by molar-refractivity contribution is 4.76. The van der Waals surface area contributed by atoms with Crippen molar-refractivity contribution in [2.45, 2.75) is 39.2 Å². The molecule has 0 aliphatic carbocycles. The first-order valence-electron chi connectivity index (χ1n) is 7.26. The first-order chi connectivity index (χ1) is 8.17. The van der Waals surface area contributed by atoms with Crippen LogP contribution in [-0.4, -0.2) is 62.7 Å². The van der Waals surface area contributed by atoms with Gasteiger partial charge in [0.1, 0.15) is 0 Å². The van der Waals surface area contributed by atoms with Gasteiger partial charge in [-0.15, -0.1) is 0 Å². The molecule has 1 N–H and O–H groups in total. The fourth-order valence-corrected chi connectivity index (χ4v) is 2.72. The highest BCUT2D eigenvalue weighted by Crippen LogP contribution is 2.18. The van der Waals surface area contributed by atoms with Crippen LogP contribution in [0.3, 0.4) is 0 Å². The quantitative estimate of drug-likeness (QED) is 0.731. The molecule has 0 aromatic carbocycles. The van der Waals surface area contributed by atoms with Crippen molar-refractivity contribution in [1.29, 1.82) is 0 Å². The Morgan fingerprint density at radius 2 is 1.94 bits per heavy atom. The molecule has 1 atom stereocenters. The smallest absolute Gasteiger partial charge is 0.0215 e. The van der Waals surface area contributed by atoms with Gasteiger partial charge in [-0.2, -0.15) is 0 Å². The molecule has 17 heavy (non-hydrogen) atoms. The van der Waals surface area contributed by atoms with E-state index < -0.39 is 0 Å². The summed E-state index contributed by atoms with van der Waals surface area (Å²) < 4.78 is 0. The molecule has 1 rings (SSSR count). The van der Waals surface area contributed by atoms with Crippen molar-refractivity contribution < 1.29 is 0 Å². The summed E-state index contributed by atoms with van der Waals surface area (Å²) in [6, 6.07) is 0.703. The normalized spacial score (nSPS) is 21.0. The Kier molecular flexibility index (Phi) is 7.09. The second-order valence-electron chi connectivity index (χ2n) is 5.56. The molecule has 0 radical (unpaired) electrons. The van der Waals surface area contributed by atoms with Crippen LogP contribution in [0.15, 0.2) is 0 Å². The van der Waals surface area contributed by atoms with Crippen LogP contribution in [0.25, 0.3) is 0 Å². The molecular weight excluding hydrogens is 210 g/mol. The highest BCUT2D eigenvalue weighted by atomic mass is 15.2. The van der Waals surface area contributed by atoms with E-state index in [0.717, 1.165) is 19.0 Å². The van der Waals surface area contributed by atoms with Gasteiger partial charge >= 0.3 is 0 Å². The number of hydrogen-bond donors (Lipinski definition) is 1. The predicted octanol–water partition coefficient (Wildman–Crippen LogP) is 1.65. The Bertz CT molecular complexity index is 188. The Hall–Kier alpha value is -0.120. The van der Waals surface area contributed by atoms with Gasteiger partial charge < -0.3 is 15.1 Å². The Labute approximate surface area is 108 Å². The Balaban J connectivity index is 2.28. The van der Waals surface area contributed by atoms with Crippen LogP contribution in [0.4, 0.5) is 0 Å². The second-order valence-corrected chi connectivity index (χ2v) is 5.56. The van der Waals surface area contributed by atoms with Crippen LogP contribution < -0.4 is 5.32 Å². The van der Waals surface area contributed by atoms with Gasteiger partial charge in [-0.05, 0) is 58.9 Å². The van der Waals surface area contributed by atoms with E-state index in [1.54, 1.807) is 0 Å². The maximum Gasteiger partial charge on any atom is 0.0215 e. The maximum absolute atomic E-state index is 3.47. The minimum atomic E-state index is 0.703. The molecule has 1 aliphatic rings. The van der Waals surface area contributed by atoms with Crippen molar-refractivity contribution >= 4 is 0 Å². The van der Waals surface area contributed by atoms with E-state index in [9.17, 15) is 0 Å². The molecule has 102 valence electrons. The molecule has 0 bridgehead atoms. The number of likely N-dealkylation sites (N-methyl/N-ethyl adjacent to an activating group) is 2. The minimum Gasteiger partial charge on any atom is -0.315 e. The number of nitrogens with one attached hydrogen (secondary N) is 1. The molecule has 0 aromatic rings. The van der Waals surface area contributed by atoms with E-state index in [-0.39, 0.29) is 0 Å². The zero-order valence-electron chi connectivity index (χ0n) is 12.2. The fraction of sp³-hybridized carbons (Fsp3) is 1.00. The van der Waals surface area contributed by atoms with Crippen LogP contribution in [0, 0.1) is 5.92 Å². The number of rotatable bonds is 7. The molecule has 0 spiro atoms. The summed E-state index contributed by atoms with van der Waals surface area (Å²) in [6.45, 7) is 10.5. The lowest BCUT2D eigenvalue weighted by Crippen LogP contribution is -2.43. The van der Waals surface area contributed by atoms with E-state index in [0.29, 0.717) is 6.04 Å². The van der Waals surface area contributed by atoms with Crippen molar-refractivity contribution in [2.75, 3.05) is 46.8 Å². The SMILES string of the molecule is CCNCC(CC)N(C)CC1CCN(C)CC1. The van der Waals surface area contributed by atoms with Crippen molar-refractivity contribution in [2.24, 2.45) is 5.92 Å². The Morgan fingerprint density at radius 3 is 2.47 bits per heavy atom. The van der Waals surface area contributed by atoms with Gasteiger partial charge in [-0.25, -0.2) is 0 Å². The van der Waals surface area contributed by atoms with Gasteiger partial charge in [0.25, 0.3) is 0 Å². The highest BCUT2D eigenvalue weighted by Gasteiger charge is 2.20. The Morgan fingerprint density at radius 1 is 1.29 bits per heavy atom. The summed E-state index contributed by atoms with van der Waals surface area (Å²) in [7, 11) is 4.53. The lowest BCUT2D eigenvalue weighted by Gasteiger charge is -2.35. The zero-order valence-corrected chi connectivity index (χ0v) is 12.2. The van der Waals surface area contributed by atoms with E-state index in [4.69, 9.17) is 0 Å². The molecular formula is C14H31N3. The molecule has 3 nitrogen and oxygen atoms in total. The van der Waals surface area contributed by atoms with Crippen LogP contribution in [0.1, 0.15) is 33.1 Å². The fourth-order valence-electron chi connectivity index (χ4n) is 2.72. The molecule has 1 fully saturated rings. The van der Waals surface area contributed by atoms with Gasteiger partial charge in [-0.1, -0.05) is 13.8 Å². The van der Waals surface area contributed by atoms with E-state index in [1.807, 2.05) is 0 Å². The van der Waals surface area contributed by atoms with E-state index >= 15 is 0 Å². The van der Waals surface area contributed by atoms with Gasteiger partial charge in [0.05, 0.1) is 0 Å². The van der Waals surface area contributed by atoms with Crippen LogP contribution in [0.5, 0.6) is 0 Å². The van der Waals surface area contributed by atoms with Gasteiger partial charge in [0.15, 0.2) is 0 Å². The molecule has 0 amide bonds. The zero-order chi connectivity index (χ0) is 12.7. The predicted molar refractivity (Wildman–Crippen MR) is 75.5 cm³/mol. The number of nitrogens with zero attached hydrogens (tertiary/aromatic N) is 2. The summed E-state index contributed by atoms with van der Waals surface area (Å²) in [5.41, 5.74) is 0. The third kappa shape index (κ3) is 5.36. The first kappa shape index (κ1) is 14.9. The standard InChI is InChI=1S/C14H31N3/c1-5-14(11-15-6-2)17(4)12-13-7-9-16(3)10-8-13/h13-15H,5-12H2,1-4H3. The average molecular weight is 241 g/mol. The molecule has 1 unspecified atom stereocenters.